The van der Waals surface area contributed by atoms with Crippen molar-refractivity contribution in [3.63, 3.8) is 0 Å². The van der Waals surface area contributed by atoms with Crippen molar-refractivity contribution in [1.82, 2.24) is 4.90 Å². The summed E-state index contributed by atoms with van der Waals surface area (Å²) in [7, 11) is 2.10. The molecule has 0 aromatic heterocycles. The lowest BCUT2D eigenvalue weighted by Gasteiger charge is -2.14. The molecule has 0 bridgehead atoms. The van der Waals surface area contributed by atoms with E-state index in [2.05, 4.69) is 24.9 Å². The van der Waals surface area contributed by atoms with Gasteiger partial charge in [0.1, 0.15) is 5.82 Å². The smallest absolute Gasteiger partial charge is 0.328 e. The van der Waals surface area contributed by atoms with E-state index in [1.54, 1.807) is 6.07 Å². The molecule has 0 aliphatic rings. The molecule has 0 heterocycles. The average molecular weight is 347 g/mol. The molecule has 0 saturated heterocycles. The fourth-order valence-corrected chi connectivity index (χ4v) is 2.14. The van der Waals surface area contributed by atoms with E-state index in [1.165, 1.54) is 11.6 Å². The van der Waals surface area contributed by atoms with Gasteiger partial charge in [-0.3, -0.25) is 0 Å². The number of halogens is 1. The molecule has 2 rings (SSSR count). The van der Waals surface area contributed by atoms with Crippen LogP contribution >= 0.6 is 0 Å². The molecule has 6 heteroatoms. The highest BCUT2D eigenvalue weighted by molar-refractivity contribution is 5.89. The Balaban J connectivity index is 0.000000333. The Hall–Kier alpha value is -2.73. The Kier molecular flexibility index (Phi) is 8.29. The van der Waals surface area contributed by atoms with Crippen molar-refractivity contribution >= 4 is 22.7 Å². The van der Waals surface area contributed by atoms with Crippen LogP contribution in [0.15, 0.2) is 48.6 Å². The van der Waals surface area contributed by atoms with Crippen molar-refractivity contribution in [2.75, 3.05) is 20.1 Å². The van der Waals surface area contributed by atoms with Gasteiger partial charge in [0.25, 0.3) is 0 Å². The molecule has 2 aromatic rings. The van der Waals surface area contributed by atoms with Crippen LogP contribution in [0.2, 0.25) is 0 Å². The molecule has 5 nitrogen and oxygen atoms in total. The molecule has 0 aliphatic carbocycles. The molecule has 0 amide bonds. The number of likely N-dealkylation sites (N-methyl/N-ethyl adjacent to an activating group) is 1. The summed E-state index contributed by atoms with van der Waals surface area (Å²) in [5.41, 5.74) is 1.22. The molecule has 0 unspecified atom stereocenters. The predicted molar refractivity (Wildman–Crippen MR) is 95.2 cm³/mol. The van der Waals surface area contributed by atoms with Crippen LogP contribution in [-0.4, -0.2) is 47.2 Å². The number of aliphatic carboxylic acids is 2. The number of carboxylic acid groups (broad SMARTS) is 2. The van der Waals surface area contributed by atoms with Gasteiger partial charge in [0, 0.05) is 18.7 Å². The van der Waals surface area contributed by atoms with Crippen LogP contribution in [0.4, 0.5) is 4.39 Å². The van der Waals surface area contributed by atoms with Crippen LogP contribution in [0.25, 0.3) is 10.8 Å². The van der Waals surface area contributed by atoms with Gasteiger partial charge in [-0.05, 0) is 48.5 Å². The highest BCUT2D eigenvalue weighted by Crippen LogP contribution is 2.20. The van der Waals surface area contributed by atoms with Gasteiger partial charge in [-0.15, -0.1) is 0 Å². The number of hydrogen-bond donors (Lipinski definition) is 2. The lowest BCUT2D eigenvalue weighted by atomic mass is 10.0. The molecule has 0 radical (unpaired) electrons. The number of carboxylic acids is 2. The first-order valence-electron chi connectivity index (χ1n) is 7.83. The Morgan fingerprint density at radius 2 is 1.76 bits per heavy atom. The topological polar surface area (TPSA) is 77.8 Å². The van der Waals surface area contributed by atoms with Gasteiger partial charge in [-0.1, -0.05) is 31.2 Å². The molecule has 0 fully saturated rings. The Morgan fingerprint density at radius 1 is 1.12 bits per heavy atom. The first-order chi connectivity index (χ1) is 11.8. The van der Waals surface area contributed by atoms with Crippen LogP contribution in [0.3, 0.4) is 0 Å². The van der Waals surface area contributed by atoms with E-state index in [4.69, 9.17) is 10.2 Å². The van der Waals surface area contributed by atoms with Crippen molar-refractivity contribution in [2.45, 2.75) is 13.3 Å². The lowest BCUT2D eigenvalue weighted by molar-refractivity contribution is -0.134. The van der Waals surface area contributed by atoms with Crippen molar-refractivity contribution in [3.8, 4) is 0 Å². The van der Waals surface area contributed by atoms with Crippen LogP contribution in [-0.2, 0) is 16.0 Å². The monoisotopic (exact) mass is 347 g/mol. The van der Waals surface area contributed by atoms with E-state index in [9.17, 15) is 14.0 Å². The summed E-state index contributed by atoms with van der Waals surface area (Å²) in [5, 5.41) is 17.8. The average Bonchev–Trinajstić information content (AvgIpc) is 2.58. The third kappa shape index (κ3) is 7.58. The second-order valence-electron chi connectivity index (χ2n) is 5.44. The van der Waals surface area contributed by atoms with E-state index in [0.29, 0.717) is 12.2 Å². The van der Waals surface area contributed by atoms with Gasteiger partial charge in [0.15, 0.2) is 0 Å². The maximum Gasteiger partial charge on any atom is 0.328 e. The van der Waals surface area contributed by atoms with Gasteiger partial charge in [0.05, 0.1) is 0 Å². The molecule has 134 valence electrons. The minimum absolute atomic E-state index is 0.159. The number of hydrogen-bond acceptors (Lipinski definition) is 3. The highest BCUT2D eigenvalue weighted by atomic mass is 19.1. The Labute approximate surface area is 146 Å². The van der Waals surface area contributed by atoms with Crippen LogP contribution in [0.1, 0.15) is 12.5 Å². The van der Waals surface area contributed by atoms with E-state index in [1.807, 2.05) is 18.2 Å². The summed E-state index contributed by atoms with van der Waals surface area (Å²) >= 11 is 0. The van der Waals surface area contributed by atoms with Gasteiger partial charge >= 0.3 is 11.9 Å². The summed E-state index contributed by atoms with van der Waals surface area (Å²) in [4.78, 5) is 21.4. The maximum atomic E-state index is 13.3. The Bertz CT molecular complexity index is 742. The van der Waals surface area contributed by atoms with Gasteiger partial charge in [-0.25, -0.2) is 14.0 Å². The summed E-state index contributed by atoms with van der Waals surface area (Å²) < 4.78 is 13.3. The minimum Gasteiger partial charge on any atom is -0.478 e. The van der Waals surface area contributed by atoms with Crippen LogP contribution < -0.4 is 0 Å². The molecule has 2 N–H and O–H groups in total. The van der Waals surface area contributed by atoms with E-state index < -0.39 is 11.9 Å². The number of nitrogens with zero attached hydrogens (tertiary/aromatic N) is 1. The Morgan fingerprint density at radius 3 is 2.32 bits per heavy atom. The van der Waals surface area contributed by atoms with Gasteiger partial charge in [0.2, 0.25) is 0 Å². The fourth-order valence-electron chi connectivity index (χ4n) is 2.14. The molecular weight excluding hydrogens is 325 g/mol. The zero-order valence-electron chi connectivity index (χ0n) is 14.3. The number of benzene rings is 2. The highest BCUT2D eigenvalue weighted by Gasteiger charge is 2.03. The molecular formula is C19H22FNO4. The zero-order valence-corrected chi connectivity index (χ0v) is 14.3. The number of fused-ring (bicyclic) bond motifs is 1. The maximum absolute atomic E-state index is 13.3. The molecule has 0 saturated carbocycles. The van der Waals surface area contributed by atoms with E-state index in [-0.39, 0.29) is 5.82 Å². The molecule has 2 aromatic carbocycles. The fraction of sp³-hybridized carbons (Fsp3) is 0.263. The molecule has 25 heavy (non-hydrogen) atoms. The zero-order chi connectivity index (χ0) is 18.8. The second-order valence-corrected chi connectivity index (χ2v) is 5.44. The molecule has 0 atom stereocenters. The molecule has 0 aliphatic heterocycles. The number of carbonyl (C=O) groups is 2. The molecule has 0 spiro atoms. The largest absolute Gasteiger partial charge is 0.478 e. The summed E-state index contributed by atoms with van der Waals surface area (Å²) in [6, 6.07) is 11.2. The SMILES string of the molecule is CCN(C)CCc1cccc2ccc(F)cc12.O=C(O)/C=C/C(=O)O. The van der Waals surface area contributed by atoms with E-state index >= 15 is 0 Å². The first kappa shape index (κ1) is 20.3. The van der Waals surface area contributed by atoms with Crippen LogP contribution in [0.5, 0.6) is 0 Å². The third-order valence-corrected chi connectivity index (χ3v) is 3.61. The van der Waals surface area contributed by atoms with E-state index in [0.717, 1.165) is 30.3 Å². The van der Waals surface area contributed by atoms with Crippen molar-refractivity contribution < 1.29 is 24.2 Å². The lowest BCUT2D eigenvalue weighted by Crippen LogP contribution is -2.20. The van der Waals surface area contributed by atoms with Crippen molar-refractivity contribution in [3.05, 3.63) is 59.9 Å². The summed E-state index contributed by atoms with van der Waals surface area (Å²) in [5.74, 6) is -2.67. The second kappa shape index (κ2) is 10.2. The summed E-state index contributed by atoms with van der Waals surface area (Å²) in [6.45, 7) is 4.19. The van der Waals surface area contributed by atoms with Crippen LogP contribution in [0, 0.1) is 5.82 Å². The van der Waals surface area contributed by atoms with Crippen molar-refractivity contribution in [1.29, 1.82) is 0 Å². The predicted octanol–water partition coefficient (Wildman–Crippen LogP) is 3.18. The van der Waals surface area contributed by atoms with Gasteiger partial charge < -0.3 is 15.1 Å². The minimum atomic E-state index is -1.26. The number of rotatable bonds is 6. The summed E-state index contributed by atoms with van der Waals surface area (Å²) in [6.07, 6.45) is 2.08. The standard InChI is InChI=1S/C15H18FN.C4H4O4/c1-3-17(2)10-9-13-6-4-5-12-7-8-14(16)11-15(12)13;5-3(6)1-2-4(7)8/h4-8,11H,3,9-10H2,1-2H3;1-2H,(H,5,6)(H,7,8)/b;2-1+. The quantitative estimate of drug-likeness (QED) is 0.785. The third-order valence-electron chi connectivity index (χ3n) is 3.61. The first-order valence-corrected chi connectivity index (χ1v) is 7.83. The van der Waals surface area contributed by atoms with Gasteiger partial charge in [-0.2, -0.15) is 0 Å². The van der Waals surface area contributed by atoms with Crippen molar-refractivity contribution in [2.24, 2.45) is 0 Å². The normalized spacial score (nSPS) is 10.7.